The molecule has 0 spiro atoms. The third-order valence-corrected chi connectivity index (χ3v) is 11.1. The van der Waals surface area contributed by atoms with E-state index >= 15 is 0 Å². The fourth-order valence-corrected chi connectivity index (χ4v) is 7.96. The van der Waals surface area contributed by atoms with Crippen LogP contribution in [-0.4, -0.2) is 61.4 Å². The lowest BCUT2D eigenvalue weighted by molar-refractivity contribution is -0.195. The highest BCUT2D eigenvalue weighted by Gasteiger charge is 2.43. The lowest BCUT2D eigenvalue weighted by atomic mass is 9.89. The molecule has 0 N–H and O–H groups in total. The van der Waals surface area contributed by atoms with Crippen LogP contribution in [0.5, 0.6) is 0 Å². The van der Waals surface area contributed by atoms with E-state index in [0.29, 0.717) is 38.5 Å². The number of benzene rings is 1. The van der Waals surface area contributed by atoms with Gasteiger partial charge in [-0.3, -0.25) is 19.2 Å². The minimum absolute atomic E-state index is 0.257. The van der Waals surface area contributed by atoms with Gasteiger partial charge in [0.2, 0.25) is 0 Å². The van der Waals surface area contributed by atoms with E-state index in [1.165, 1.54) is 0 Å². The third-order valence-electron chi connectivity index (χ3n) is 11.1. The highest BCUT2D eigenvalue weighted by atomic mass is 16.6. The van der Waals surface area contributed by atoms with E-state index in [9.17, 15) is 24.0 Å². The Morgan fingerprint density at radius 1 is 0.460 bits per heavy atom. The van der Waals surface area contributed by atoms with Crippen molar-refractivity contribution in [2.24, 2.45) is 23.7 Å². The number of carbonyl (C=O) groups excluding carboxylic acids is 5. The van der Waals surface area contributed by atoms with Crippen molar-refractivity contribution in [3.63, 3.8) is 0 Å². The summed E-state index contributed by atoms with van der Waals surface area (Å²) in [6.45, 7) is -0.795. The van der Waals surface area contributed by atoms with Crippen molar-refractivity contribution in [3.05, 3.63) is 35.9 Å². The normalized spacial score (nSPS) is 21.6. The summed E-state index contributed by atoms with van der Waals surface area (Å²) in [5.41, 5.74) is 0.257. The Bertz CT molecular complexity index is 1240. The fraction of sp³-hybridized carbons (Fsp3) is 0.725. The molecule has 0 bridgehead atoms. The molecule has 10 nitrogen and oxygen atoms in total. The molecule has 4 fully saturated rings. The first-order chi connectivity index (χ1) is 24.4. The minimum atomic E-state index is -1.39. The van der Waals surface area contributed by atoms with Gasteiger partial charge in [-0.1, -0.05) is 95.2 Å². The predicted octanol–water partition coefficient (Wildman–Crippen LogP) is 7.44. The van der Waals surface area contributed by atoms with E-state index in [-0.39, 0.29) is 41.8 Å². The maximum atomic E-state index is 13.8. The van der Waals surface area contributed by atoms with Gasteiger partial charge in [0.25, 0.3) is 0 Å². The standard InChI is InChI=1S/C40H56O10/c41-36(28-16-6-1-7-17-28)46-26-33(48-38(43)30-20-10-3-11-21-30)35(50-40(45)32-24-14-5-15-25-32)34(49-39(44)31-22-12-4-13-23-31)27-47-37(42)29-18-8-2-9-19-29/h3,10-11,20-21,28-29,31-35H,1-2,4-9,12-19,22-27H2. The summed E-state index contributed by atoms with van der Waals surface area (Å²) in [6.07, 6.45) is 13.0. The van der Waals surface area contributed by atoms with Crippen molar-refractivity contribution in [2.45, 2.75) is 147 Å². The Hall–Kier alpha value is -3.43. The third kappa shape index (κ3) is 11.3. The highest BCUT2D eigenvalue weighted by Crippen LogP contribution is 2.31. The van der Waals surface area contributed by atoms with Gasteiger partial charge in [-0.15, -0.1) is 0 Å². The van der Waals surface area contributed by atoms with E-state index in [0.717, 1.165) is 89.9 Å². The molecule has 3 atom stereocenters. The average Bonchev–Trinajstić information content (AvgIpc) is 3.18. The number of hydrogen-bond acceptors (Lipinski definition) is 10. The van der Waals surface area contributed by atoms with Crippen LogP contribution in [0.15, 0.2) is 30.3 Å². The zero-order valence-electron chi connectivity index (χ0n) is 29.6. The molecular formula is C40H56O10. The molecule has 4 aliphatic carbocycles. The molecule has 1 aromatic carbocycles. The molecule has 5 rings (SSSR count). The average molecular weight is 697 g/mol. The van der Waals surface area contributed by atoms with Crippen molar-refractivity contribution >= 4 is 29.8 Å². The van der Waals surface area contributed by atoms with Crippen LogP contribution < -0.4 is 0 Å². The summed E-state index contributed by atoms with van der Waals surface area (Å²) in [6, 6.07) is 8.38. The molecule has 0 amide bonds. The molecule has 0 heterocycles. The van der Waals surface area contributed by atoms with Crippen LogP contribution in [0, 0.1) is 23.7 Å². The van der Waals surface area contributed by atoms with E-state index in [2.05, 4.69) is 0 Å². The summed E-state index contributed by atoms with van der Waals surface area (Å²) in [7, 11) is 0. The van der Waals surface area contributed by atoms with Crippen LogP contribution in [0.2, 0.25) is 0 Å². The fourth-order valence-electron chi connectivity index (χ4n) is 7.96. The van der Waals surface area contributed by atoms with Crippen LogP contribution >= 0.6 is 0 Å². The zero-order valence-corrected chi connectivity index (χ0v) is 29.6. The quantitative estimate of drug-likeness (QED) is 0.143. The van der Waals surface area contributed by atoms with Gasteiger partial charge in [-0.25, -0.2) is 4.79 Å². The molecule has 0 saturated heterocycles. The maximum Gasteiger partial charge on any atom is 0.338 e. The first kappa shape index (κ1) is 37.8. The Morgan fingerprint density at radius 3 is 1.24 bits per heavy atom. The first-order valence-electron chi connectivity index (χ1n) is 19.4. The molecule has 3 unspecified atom stereocenters. The van der Waals surface area contributed by atoms with Gasteiger partial charge in [-0.2, -0.15) is 0 Å². The first-order valence-corrected chi connectivity index (χ1v) is 19.4. The van der Waals surface area contributed by atoms with Crippen LogP contribution in [0.1, 0.15) is 139 Å². The van der Waals surface area contributed by atoms with Gasteiger partial charge in [0.15, 0.2) is 18.3 Å². The van der Waals surface area contributed by atoms with E-state index in [4.69, 9.17) is 23.7 Å². The molecule has 0 radical (unpaired) electrons. The topological polar surface area (TPSA) is 132 Å². The Kier molecular flexibility index (Phi) is 15.0. The van der Waals surface area contributed by atoms with Gasteiger partial charge in [0, 0.05) is 0 Å². The second kappa shape index (κ2) is 19.8. The minimum Gasteiger partial charge on any atom is -0.461 e. The van der Waals surface area contributed by atoms with Crippen LogP contribution in [0.25, 0.3) is 0 Å². The summed E-state index contributed by atoms with van der Waals surface area (Å²) >= 11 is 0. The molecule has 0 aliphatic heterocycles. The van der Waals surface area contributed by atoms with Crippen LogP contribution in [0.3, 0.4) is 0 Å². The molecule has 4 aliphatic rings. The lowest BCUT2D eigenvalue weighted by Gasteiger charge is -2.35. The van der Waals surface area contributed by atoms with E-state index < -0.39 is 48.8 Å². The number of carbonyl (C=O) groups is 5. The number of esters is 5. The summed E-state index contributed by atoms with van der Waals surface area (Å²) in [4.78, 5) is 67.6. The van der Waals surface area contributed by atoms with Crippen LogP contribution in [-0.2, 0) is 42.9 Å². The second-order valence-corrected chi connectivity index (χ2v) is 14.8. The van der Waals surface area contributed by atoms with Gasteiger partial charge in [0.1, 0.15) is 13.2 Å². The van der Waals surface area contributed by atoms with Gasteiger partial charge in [0.05, 0.1) is 29.2 Å². The summed E-state index contributed by atoms with van der Waals surface area (Å²) in [5, 5.41) is 0. The van der Waals surface area contributed by atoms with Gasteiger partial charge < -0.3 is 23.7 Å². The van der Waals surface area contributed by atoms with Crippen molar-refractivity contribution in [2.75, 3.05) is 13.2 Å². The monoisotopic (exact) mass is 696 g/mol. The van der Waals surface area contributed by atoms with Crippen molar-refractivity contribution in [1.82, 2.24) is 0 Å². The number of rotatable bonds is 14. The maximum absolute atomic E-state index is 13.8. The van der Waals surface area contributed by atoms with Gasteiger partial charge in [-0.05, 0) is 63.5 Å². The molecular weight excluding hydrogens is 640 g/mol. The van der Waals surface area contributed by atoms with Crippen molar-refractivity contribution < 1.29 is 47.7 Å². The highest BCUT2D eigenvalue weighted by molar-refractivity contribution is 5.89. The molecule has 4 saturated carbocycles. The van der Waals surface area contributed by atoms with Crippen LogP contribution in [0.4, 0.5) is 0 Å². The van der Waals surface area contributed by atoms with Crippen molar-refractivity contribution in [3.8, 4) is 0 Å². The van der Waals surface area contributed by atoms with E-state index in [1.807, 2.05) is 0 Å². The van der Waals surface area contributed by atoms with Gasteiger partial charge >= 0.3 is 29.8 Å². The Balaban J connectivity index is 1.44. The molecule has 0 aromatic heterocycles. The SMILES string of the molecule is O=C(OC(COC(=O)C1CCCCC1)C(OC(=O)C1CCCCC1)C(COC(=O)C1CCCCC1)OC(=O)C1CCCCC1)c1ccccc1. The second-order valence-electron chi connectivity index (χ2n) is 14.8. The molecule has 50 heavy (non-hydrogen) atoms. The predicted molar refractivity (Wildman–Crippen MR) is 184 cm³/mol. The molecule has 276 valence electrons. The molecule has 1 aromatic rings. The summed E-state index contributed by atoms with van der Waals surface area (Å²) < 4.78 is 30.1. The Labute approximate surface area is 296 Å². The summed E-state index contributed by atoms with van der Waals surface area (Å²) in [5.74, 6) is -3.70. The number of ether oxygens (including phenoxy) is 5. The number of hydrogen-bond donors (Lipinski definition) is 0. The van der Waals surface area contributed by atoms with E-state index in [1.54, 1.807) is 30.3 Å². The lowest BCUT2D eigenvalue weighted by Crippen LogP contribution is -2.51. The molecule has 10 heteroatoms. The smallest absolute Gasteiger partial charge is 0.338 e. The van der Waals surface area contributed by atoms with Crippen molar-refractivity contribution in [1.29, 1.82) is 0 Å². The zero-order chi connectivity index (χ0) is 35.1. The largest absolute Gasteiger partial charge is 0.461 e. The Morgan fingerprint density at radius 2 is 0.820 bits per heavy atom.